The highest BCUT2D eigenvalue weighted by atomic mass is 35.5. The Morgan fingerprint density at radius 1 is 1.09 bits per heavy atom. The molecule has 0 saturated heterocycles. The molecule has 7 heteroatoms. The van der Waals surface area contributed by atoms with Gasteiger partial charge in [0.05, 0.1) is 6.61 Å². The van der Waals surface area contributed by atoms with Crippen LogP contribution in [0.2, 0.25) is 5.02 Å². The van der Waals surface area contributed by atoms with E-state index in [1.807, 2.05) is 42.5 Å². The minimum atomic E-state index is -0.495. The van der Waals surface area contributed by atoms with Gasteiger partial charge in [0.15, 0.2) is 0 Å². The first kappa shape index (κ1) is 22.3. The molecule has 2 heterocycles. The van der Waals surface area contributed by atoms with Crippen molar-refractivity contribution < 1.29 is 18.7 Å². The number of rotatable bonds is 5. The number of aromatic amines is 1. The van der Waals surface area contributed by atoms with Crippen LogP contribution in [0.15, 0.2) is 66.7 Å². The Balaban J connectivity index is 1.53. The molecule has 5 rings (SSSR count). The summed E-state index contributed by atoms with van der Waals surface area (Å²) in [6.07, 6.45) is 1.08. The number of benzene rings is 3. The molecule has 174 valence electrons. The van der Waals surface area contributed by atoms with Gasteiger partial charge in [0.2, 0.25) is 0 Å². The summed E-state index contributed by atoms with van der Waals surface area (Å²) in [5.74, 6) is 0.690. The molecule has 0 saturated carbocycles. The van der Waals surface area contributed by atoms with E-state index in [1.54, 1.807) is 4.90 Å². The maximum Gasteiger partial charge on any atom is 0.416 e. The molecule has 0 aliphatic carbocycles. The molecule has 1 unspecified atom stereocenters. The van der Waals surface area contributed by atoms with E-state index in [1.165, 1.54) is 24.3 Å². The molecule has 5 nitrogen and oxygen atoms in total. The quantitative estimate of drug-likeness (QED) is 0.339. The van der Waals surface area contributed by atoms with Crippen LogP contribution in [0.3, 0.4) is 0 Å². The van der Waals surface area contributed by atoms with Gasteiger partial charge in [-0.3, -0.25) is 4.90 Å². The predicted molar refractivity (Wildman–Crippen MR) is 130 cm³/mol. The monoisotopic (exact) mass is 478 g/mol. The summed E-state index contributed by atoms with van der Waals surface area (Å²) in [7, 11) is 0. The number of fused-ring (bicyclic) bond motifs is 3. The van der Waals surface area contributed by atoms with Crippen molar-refractivity contribution in [1.29, 1.82) is 0 Å². The van der Waals surface area contributed by atoms with Crippen molar-refractivity contribution in [2.75, 3.05) is 13.2 Å². The molecule has 1 aliphatic heterocycles. The molecule has 1 N–H and O–H groups in total. The summed E-state index contributed by atoms with van der Waals surface area (Å²) in [4.78, 5) is 18.5. The average molecular weight is 479 g/mol. The molecule has 0 radical (unpaired) electrons. The number of carbonyl (C=O) groups excluding carboxylic acids is 1. The maximum absolute atomic E-state index is 13.3. The standard InChI is InChI=1S/C27H24ClFN2O3/c1-2-15-33-20-8-3-17(4-9-20)26-25-22(23-16-18(28)5-12-24(23)30-25)13-14-31(26)27(32)34-21-10-6-19(29)7-11-21/h3-12,16,26,30H,2,13-15H2,1H3. The molecule has 1 aliphatic rings. The summed E-state index contributed by atoms with van der Waals surface area (Å²) >= 11 is 6.27. The zero-order chi connectivity index (χ0) is 23.7. The van der Waals surface area contributed by atoms with Crippen molar-refractivity contribution in [3.8, 4) is 11.5 Å². The van der Waals surface area contributed by atoms with Crippen molar-refractivity contribution in [3.05, 3.63) is 94.4 Å². The Hall–Kier alpha value is -3.51. The van der Waals surface area contributed by atoms with Crippen LogP contribution < -0.4 is 9.47 Å². The Morgan fingerprint density at radius 2 is 1.82 bits per heavy atom. The van der Waals surface area contributed by atoms with E-state index in [2.05, 4.69) is 11.9 Å². The molecule has 1 atom stereocenters. The second kappa shape index (κ2) is 9.39. The van der Waals surface area contributed by atoms with Crippen LogP contribution in [-0.2, 0) is 6.42 Å². The minimum Gasteiger partial charge on any atom is -0.494 e. The fraction of sp³-hybridized carbons (Fsp3) is 0.222. The molecule has 0 bridgehead atoms. The van der Waals surface area contributed by atoms with Gasteiger partial charge in [-0.1, -0.05) is 30.7 Å². The van der Waals surface area contributed by atoms with E-state index >= 15 is 0 Å². The van der Waals surface area contributed by atoms with Crippen LogP contribution in [0.1, 0.15) is 36.2 Å². The number of amides is 1. The summed E-state index contributed by atoms with van der Waals surface area (Å²) in [5, 5.41) is 1.73. The topological polar surface area (TPSA) is 54.6 Å². The Bertz CT molecular complexity index is 1320. The lowest BCUT2D eigenvalue weighted by atomic mass is 9.92. The molecule has 4 aromatic rings. The van der Waals surface area contributed by atoms with Crippen LogP contribution in [0.5, 0.6) is 11.5 Å². The third kappa shape index (κ3) is 4.33. The minimum absolute atomic E-state index is 0.294. The average Bonchev–Trinajstić information content (AvgIpc) is 3.21. The summed E-state index contributed by atoms with van der Waals surface area (Å²) in [5.41, 5.74) is 3.97. The lowest BCUT2D eigenvalue weighted by molar-refractivity contribution is 0.135. The number of H-pyrrole nitrogens is 1. The highest BCUT2D eigenvalue weighted by molar-refractivity contribution is 6.31. The molecule has 0 spiro atoms. The van der Waals surface area contributed by atoms with Gasteiger partial charge in [0.1, 0.15) is 23.4 Å². The van der Waals surface area contributed by atoms with Gasteiger partial charge in [-0.25, -0.2) is 9.18 Å². The summed E-state index contributed by atoms with van der Waals surface area (Å²) < 4.78 is 24.6. The highest BCUT2D eigenvalue weighted by Gasteiger charge is 2.35. The van der Waals surface area contributed by atoms with Crippen LogP contribution in [0, 0.1) is 5.82 Å². The number of nitrogens with one attached hydrogen (secondary N) is 1. The SMILES string of the molecule is CCCOc1ccc(C2c3[nH]c4ccc(Cl)cc4c3CCN2C(=O)Oc2ccc(F)cc2)cc1. The Labute approximate surface area is 202 Å². The van der Waals surface area contributed by atoms with Gasteiger partial charge in [-0.05, 0) is 78.6 Å². The van der Waals surface area contributed by atoms with Crippen LogP contribution in [-0.4, -0.2) is 29.1 Å². The molecule has 1 aromatic heterocycles. The predicted octanol–water partition coefficient (Wildman–Crippen LogP) is 6.90. The fourth-order valence-corrected chi connectivity index (χ4v) is 4.60. The Morgan fingerprint density at radius 3 is 2.56 bits per heavy atom. The van der Waals surface area contributed by atoms with Crippen molar-refractivity contribution in [2.24, 2.45) is 0 Å². The molecule has 0 fully saturated rings. The van der Waals surface area contributed by atoms with E-state index in [9.17, 15) is 9.18 Å². The molecular weight excluding hydrogens is 455 g/mol. The number of ether oxygens (including phenoxy) is 2. The normalized spacial score (nSPS) is 15.3. The van der Waals surface area contributed by atoms with Crippen molar-refractivity contribution in [2.45, 2.75) is 25.8 Å². The number of carbonyl (C=O) groups is 1. The van der Waals surface area contributed by atoms with Gasteiger partial charge in [-0.2, -0.15) is 0 Å². The van der Waals surface area contributed by atoms with Gasteiger partial charge in [0, 0.05) is 28.2 Å². The summed E-state index contributed by atoms with van der Waals surface area (Å²) in [6, 6.07) is 18.6. The fourth-order valence-electron chi connectivity index (χ4n) is 4.43. The second-order valence-corrected chi connectivity index (χ2v) is 8.73. The number of halogens is 2. The lowest BCUT2D eigenvalue weighted by Gasteiger charge is -2.35. The van der Waals surface area contributed by atoms with Gasteiger partial charge < -0.3 is 14.5 Å². The highest BCUT2D eigenvalue weighted by Crippen LogP contribution is 2.40. The number of nitrogens with zero attached hydrogens (tertiary/aromatic N) is 1. The number of hydrogen-bond donors (Lipinski definition) is 1. The number of aromatic nitrogens is 1. The third-order valence-electron chi connectivity index (χ3n) is 6.01. The number of hydrogen-bond acceptors (Lipinski definition) is 3. The Kier molecular flexibility index (Phi) is 6.16. The van der Waals surface area contributed by atoms with Crippen LogP contribution >= 0.6 is 11.6 Å². The maximum atomic E-state index is 13.3. The van der Waals surface area contributed by atoms with E-state index in [-0.39, 0.29) is 11.9 Å². The smallest absolute Gasteiger partial charge is 0.416 e. The molecule has 3 aromatic carbocycles. The van der Waals surface area contributed by atoms with E-state index < -0.39 is 6.09 Å². The summed E-state index contributed by atoms with van der Waals surface area (Å²) in [6.45, 7) is 3.17. The zero-order valence-electron chi connectivity index (χ0n) is 18.7. The third-order valence-corrected chi connectivity index (χ3v) is 6.25. The van der Waals surface area contributed by atoms with Crippen molar-refractivity contribution >= 4 is 28.6 Å². The zero-order valence-corrected chi connectivity index (χ0v) is 19.4. The van der Waals surface area contributed by atoms with Crippen LogP contribution in [0.4, 0.5) is 9.18 Å². The first-order valence-electron chi connectivity index (χ1n) is 11.3. The molecule has 1 amide bonds. The van der Waals surface area contributed by atoms with Gasteiger partial charge in [-0.15, -0.1) is 0 Å². The van der Waals surface area contributed by atoms with Crippen molar-refractivity contribution in [3.63, 3.8) is 0 Å². The van der Waals surface area contributed by atoms with Gasteiger partial charge in [0.25, 0.3) is 0 Å². The first-order chi connectivity index (χ1) is 16.5. The molecule has 34 heavy (non-hydrogen) atoms. The van der Waals surface area contributed by atoms with E-state index in [4.69, 9.17) is 21.1 Å². The van der Waals surface area contributed by atoms with Crippen molar-refractivity contribution in [1.82, 2.24) is 9.88 Å². The first-order valence-corrected chi connectivity index (χ1v) is 11.7. The van der Waals surface area contributed by atoms with Gasteiger partial charge >= 0.3 is 6.09 Å². The lowest BCUT2D eigenvalue weighted by Crippen LogP contribution is -2.42. The van der Waals surface area contributed by atoms with E-state index in [0.29, 0.717) is 30.3 Å². The van der Waals surface area contributed by atoms with E-state index in [0.717, 1.165) is 39.9 Å². The largest absolute Gasteiger partial charge is 0.494 e. The van der Waals surface area contributed by atoms with Crippen LogP contribution in [0.25, 0.3) is 10.9 Å². The second-order valence-electron chi connectivity index (χ2n) is 8.29. The molecular formula is C27H24ClFN2O3.